The number of aromatic nitrogens is 2. The van der Waals surface area contributed by atoms with E-state index in [9.17, 15) is 19.7 Å². The molecular formula is C24H26N4O4. The Kier molecular flexibility index (Phi) is 7.14. The molecule has 0 radical (unpaired) electrons. The van der Waals surface area contributed by atoms with Crippen LogP contribution in [0.4, 0.5) is 5.69 Å². The highest BCUT2D eigenvalue weighted by Crippen LogP contribution is 2.24. The lowest BCUT2D eigenvalue weighted by Crippen LogP contribution is -2.38. The molecule has 0 aliphatic carbocycles. The van der Waals surface area contributed by atoms with E-state index in [1.165, 1.54) is 22.8 Å². The highest BCUT2D eigenvalue weighted by molar-refractivity contribution is 5.92. The molecule has 3 aromatic rings. The van der Waals surface area contributed by atoms with Gasteiger partial charge in [0.15, 0.2) is 0 Å². The molecule has 1 heterocycles. The van der Waals surface area contributed by atoms with E-state index in [1.807, 2.05) is 19.9 Å². The summed E-state index contributed by atoms with van der Waals surface area (Å²) in [6, 6.07) is 12.8. The van der Waals surface area contributed by atoms with Crippen LogP contribution < -0.4 is 5.56 Å². The van der Waals surface area contributed by atoms with Gasteiger partial charge in [-0.1, -0.05) is 26.0 Å². The van der Waals surface area contributed by atoms with Crippen LogP contribution in [0.25, 0.3) is 17.0 Å². The fraction of sp³-hybridized carbons (Fsp3) is 0.292. The first-order valence-corrected chi connectivity index (χ1v) is 10.6. The highest BCUT2D eigenvalue weighted by Gasteiger charge is 2.26. The number of benzene rings is 2. The third kappa shape index (κ3) is 4.74. The standard InChI is InChI=1S/C24H26N4O4/c1-4-16-27(22(29)15-12-17-10-13-18(14-11-17)28(31)32)21(5-2)23-25-20-9-7-6-8-19(20)24(30)26(23)3/h6-15,21H,4-5,16H2,1-3H3/b15-12+. The molecule has 3 rings (SSSR count). The van der Waals surface area contributed by atoms with Crippen molar-refractivity contribution in [3.63, 3.8) is 0 Å². The molecule has 32 heavy (non-hydrogen) atoms. The summed E-state index contributed by atoms with van der Waals surface area (Å²) in [5.74, 6) is 0.334. The maximum absolute atomic E-state index is 13.1. The first-order chi connectivity index (χ1) is 15.4. The zero-order valence-corrected chi connectivity index (χ0v) is 18.4. The van der Waals surface area contributed by atoms with Crippen molar-refractivity contribution in [2.45, 2.75) is 32.7 Å². The minimum atomic E-state index is -0.464. The summed E-state index contributed by atoms with van der Waals surface area (Å²) in [6.07, 6.45) is 4.43. The van der Waals surface area contributed by atoms with Crippen molar-refractivity contribution in [2.75, 3.05) is 6.54 Å². The predicted molar refractivity (Wildman–Crippen MR) is 124 cm³/mol. The van der Waals surface area contributed by atoms with Crippen LogP contribution >= 0.6 is 0 Å². The van der Waals surface area contributed by atoms with Crippen LogP contribution in [0.3, 0.4) is 0 Å². The molecule has 0 saturated carbocycles. The Balaban J connectivity index is 1.94. The van der Waals surface area contributed by atoms with Gasteiger partial charge >= 0.3 is 0 Å². The molecule has 1 amide bonds. The van der Waals surface area contributed by atoms with Crippen molar-refractivity contribution in [1.82, 2.24) is 14.5 Å². The molecule has 0 N–H and O–H groups in total. The number of nitro benzene ring substituents is 1. The Morgan fingerprint density at radius 2 is 1.88 bits per heavy atom. The normalized spacial score (nSPS) is 12.2. The van der Waals surface area contributed by atoms with E-state index in [-0.39, 0.29) is 23.2 Å². The average Bonchev–Trinajstić information content (AvgIpc) is 2.80. The molecule has 0 fully saturated rings. The summed E-state index contributed by atoms with van der Waals surface area (Å²) >= 11 is 0. The third-order valence-corrected chi connectivity index (χ3v) is 5.35. The minimum absolute atomic E-state index is 0.00423. The zero-order chi connectivity index (χ0) is 23.3. The largest absolute Gasteiger partial charge is 0.329 e. The summed E-state index contributed by atoms with van der Waals surface area (Å²) < 4.78 is 1.52. The molecule has 0 saturated heterocycles. The Morgan fingerprint density at radius 3 is 2.50 bits per heavy atom. The van der Waals surface area contributed by atoms with Gasteiger partial charge in [-0.25, -0.2) is 4.98 Å². The van der Waals surface area contributed by atoms with Gasteiger partial charge in [0.2, 0.25) is 5.91 Å². The van der Waals surface area contributed by atoms with Crippen molar-refractivity contribution in [3.8, 4) is 0 Å². The van der Waals surface area contributed by atoms with Crippen LogP contribution in [0.2, 0.25) is 0 Å². The van der Waals surface area contributed by atoms with Gasteiger partial charge in [-0.15, -0.1) is 0 Å². The second-order valence-corrected chi connectivity index (χ2v) is 7.49. The van der Waals surface area contributed by atoms with Crippen LogP contribution in [0.5, 0.6) is 0 Å². The van der Waals surface area contributed by atoms with Gasteiger partial charge in [-0.05, 0) is 48.7 Å². The Morgan fingerprint density at radius 1 is 1.19 bits per heavy atom. The maximum atomic E-state index is 13.1. The minimum Gasteiger partial charge on any atom is -0.329 e. The van der Waals surface area contributed by atoms with Gasteiger partial charge in [0.05, 0.1) is 21.9 Å². The number of hydrogen-bond donors (Lipinski definition) is 0. The molecule has 0 spiro atoms. The van der Waals surface area contributed by atoms with Gasteiger partial charge in [-0.2, -0.15) is 0 Å². The summed E-state index contributed by atoms with van der Waals surface area (Å²) in [6.45, 7) is 4.45. The number of non-ortho nitro benzene ring substituents is 1. The summed E-state index contributed by atoms with van der Waals surface area (Å²) in [7, 11) is 1.68. The molecule has 2 aromatic carbocycles. The Bertz CT molecular complexity index is 1210. The molecule has 1 unspecified atom stereocenters. The first kappa shape index (κ1) is 22.9. The third-order valence-electron chi connectivity index (χ3n) is 5.35. The van der Waals surface area contributed by atoms with Gasteiger partial charge < -0.3 is 4.90 Å². The van der Waals surface area contributed by atoms with Crippen LogP contribution in [-0.2, 0) is 11.8 Å². The Labute approximate surface area is 186 Å². The summed E-state index contributed by atoms with van der Waals surface area (Å²) in [5, 5.41) is 11.4. The fourth-order valence-corrected chi connectivity index (χ4v) is 3.71. The lowest BCUT2D eigenvalue weighted by atomic mass is 10.1. The van der Waals surface area contributed by atoms with E-state index in [2.05, 4.69) is 0 Å². The Hall–Kier alpha value is -3.81. The van der Waals surface area contributed by atoms with Crippen molar-refractivity contribution in [3.05, 3.63) is 86.5 Å². The van der Waals surface area contributed by atoms with Gasteiger partial charge in [0.25, 0.3) is 11.2 Å². The number of hydrogen-bond acceptors (Lipinski definition) is 5. The van der Waals surface area contributed by atoms with E-state index in [4.69, 9.17) is 4.98 Å². The molecular weight excluding hydrogens is 408 g/mol. The number of para-hydroxylation sites is 1. The van der Waals surface area contributed by atoms with Crippen LogP contribution in [-0.4, -0.2) is 31.8 Å². The van der Waals surface area contributed by atoms with Crippen molar-refractivity contribution in [1.29, 1.82) is 0 Å². The highest BCUT2D eigenvalue weighted by atomic mass is 16.6. The predicted octanol–water partition coefficient (Wildman–Crippen LogP) is 4.24. The van der Waals surface area contributed by atoms with E-state index in [0.29, 0.717) is 35.3 Å². The SMILES string of the molecule is CCCN(C(=O)/C=C/c1ccc([N+](=O)[O-])cc1)C(CC)c1nc2ccccc2c(=O)n1C. The number of carbonyl (C=O) groups is 1. The van der Waals surface area contributed by atoms with Crippen molar-refractivity contribution >= 4 is 28.6 Å². The summed E-state index contributed by atoms with van der Waals surface area (Å²) in [5.41, 5.74) is 1.14. The summed E-state index contributed by atoms with van der Waals surface area (Å²) in [4.78, 5) is 42.8. The molecule has 1 aromatic heterocycles. The quantitative estimate of drug-likeness (QED) is 0.300. The molecule has 0 aliphatic heterocycles. The van der Waals surface area contributed by atoms with E-state index in [1.54, 1.807) is 48.4 Å². The maximum Gasteiger partial charge on any atom is 0.269 e. The zero-order valence-electron chi connectivity index (χ0n) is 18.4. The van der Waals surface area contributed by atoms with E-state index in [0.717, 1.165) is 6.42 Å². The fourth-order valence-electron chi connectivity index (χ4n) is 3.71. The average molecular weight is 434 g/mol. The number of fused-ring (bicyclic) bond motifs is 1. The second kappa shape index (κ2) is 10.00. The van der Waals surface area contributed by atoms with Crippen LogP contribution in [0.1, 0.15) is 44.1 Å². The lowest BCUT2D eigenvalue weighted by molar-refractivity contribution is -0.384. The van der Waals surface area contributed by atoms with Crippen molar-refractivity contribution in [2.24, 2.45) is 7.05 Å². The molecule has 166 valence electrons. The molecule has 1 atom stereocenters. The number of amides is 1. The van der Waals surface area contributed by atoms with E-state index >= 15 is 0 Å². The molecule has 8 nitrogen and oxygen atoms in total. The van der Waals surface area contributed by atoms with Crippen LogP contribution in [0.15, 0.2) is 59.4 Å². The van der Waals surface area contributed by atoms with Gasteiger partial charge in [0, 0.05) is 31.8 Å². The molecule has 8 heteroatoms. The second-order valence-electron chi connectivity index (χ2n) is 7.49. The van der Waals surface area contributed by atoms with Crippen LogP contribution in [0, 0.1) is 10.1 Å². The van der Waals surface area contributed by atoms with Gasteiger partial charge in [0.1, 0.15) is 5.82 Å². The first-order valence-electron chi connectivity index (χ1n) is 10.6. The number of nitrogens with zero attached hydrogens (tertiary/aromatic N) is 4. The van der Waals surface area contributed by atoms with Gasteiger partial charge in [-0.3, -0.25) is 24.3 Å². The number of rotatable bonds is 8. The lowest BCUT2D eigenvalue weighted by Gasteiger charge is -2.30. The number of carbonyl (C=O) groups excluding carboxylic acids is 1. The van der Waals surface area contributed by atoms with Crippen molar-refractivity contribution < 1.29 is 9.72 Å². The topological polar surface area (TPSA) is 98.3 Å². The molecule has 0 aliphatic rings. The van der Waals surface area contributed by atoms with E-state index < -0.39 is 4.92 Å². The molecule has 0 bridgehead atoms. The monoisotopic (exact) mass is 434 g/mol. The number of nitro groups is 1. The smallest absolute Gasteiger partial charge is 0.269 e.